The number of methoxy groups -OCH3 is 1. The van der Waals surface area contributed by atoms with E-state index in [1.54, 1.807) is 7.11 Å². The van der Waals surface area contributed by atoms with E-state index in [9.17, 15) is 4.79 Å². The van der Waals surface area contributed by atoms with Gasteiger partial charge < -0.3 is 15.4 Å². The number of rotatable bonds is 6. The normalized spacial score (nSPS) is 21.3. The number of piperazine rings is 1. The van der Waals surface area contributed by atoms with Crippen molar-refractivity contribution in [3.05, 3.63) is 0 Å². The average Bonchev–Trinajstić information content (AvgIpc) is 2.46. The number of nitrogens with two attached hydrogens (primary N) is 1. The number of carbonyl (C=O) groups excluding carboxylic acids is 1. The van der Waals surface area contributed by atoms with Crippen LogP contribution < -0.4 is 5.73 Å². The molecule has 1 rings (SSSR count). The largest absolute Gasteiger partial charge is 0.392 e. The third-order valence-electron chi connectivity index (χ3n) is 4.33. The highest BCUT2D eigenvalue weighted by Crippen LogP contribution is 2.19. The number of nitrogens with zero attached hydrogens (tertiary/aromatic N) is 2. The second-order valence-electron chi connectivity index (χ2n) is 5.44. The highest BCUT2D eigenvalue weighted by molar-refractivity contribution is 7.80. The number of ether oxygens (including phenoxy) is 1. The summed E-state index contributed by atoms with van der Waals surface area (Å²) < 4.78 is 5.39. The van der Waals surface area contributed by atoms with Gasteiger partial charge in [-0.3, -0.25) is 9.69 Å². The van der Waals surface area contributed by atoms with E-state index >= 15 is 0 Å². The Morgan fingerprint density at radius 2 is 1.90 bits per heavy atom. The Balaban J connectivity index is 2.62. The van der Waals surface area contributed by atoms with Gasteiger partial charge in [0, 0.05) is 33.3 Å². The van der Waals surface area contributed by atoms with E-state index in [4.69, 9.17) is 22.7 Å². The lowest BCUT2D eigenvalue weighted by Crippen LogP contribution is -2.58. The van der Waals surface area contributed by atoms with Gasteiger partial charge in [0.05, 0.1) is 11.0 Å². The molecule has 1 fully saturated rings. The zero-order chi connectivity index (χ0) is 15.3. The Morgan fingerprint density at radius 3 is 2.25 bits per heavy atom. The molecule has 0 bridgehead atoms. The zero-order valence-electron chi connectivity index (χ0n) is 13.0. The summed E-state index contributed by atoms with van der Waals surface area (Å²) in [5, 5.41) is 0. The topological polar surface area (TPSA) is 58.8 Å². The highest BCUT2D eigenvalue weighted by Gasteiger charge is 2.37. The molecule has 0 spiro atoms. The molecule has 116 valence electrons. The zero-order valence-corrected chi connectivity index (χ0v) is 13.8. The molecule has 6 heteroatoms. The Bertz CT molecular complexity index is 350. The molecular weight excluding hydrogens is 274 g/mol. The number of carbonyl (C=O) groups is 1. The standard InChI is InChI=1S/C14H27N3O2S/c1-5-11(12(15)20)16-7-9-17(10-8-16)13(18)14(3,6-2)19-4/h11H,5-10H2,1-4H3,(H2,15,20). The van der Waals surface area contributed by atoms with Crippen molar-refractivity contribution in [1.29, 1.82) is 0 Å². The molecule has 2 unspecified atom stereocenters. The minimum absolute atomic E-state index is 0.0746. The third kappa shape index (κ3) is 3.68. The van der Waals surface area contributed by atoms with Crippen molar-refractivity contribution in [2.75, 3.05) is 33.3 Å². The van der Waals surface area contributed by atoms with Crippen molar-refractivity contribution in [1.82, 2.24) is 9.80 Å². The lowest BCUT2D eigenvalue weighted by Gasteiger charge is -2.41. The summed E-state index contributed by atoms with van der Waals surface area (Å²) >= 11 is 5.11. The maximum absolute atomic E-state index is 12.5. The van der Waals surface area contributed by atoms with Gasteiger partial charge in [-0.15, -0.1) is 0 Å². The van der Waals surface area contributed by atoms with E-state index in [0.29, 0.717) is 24.5 Å². The van der Waals surface area contributed by atoms with Crippen molar-refractivity contribution in [2.45, 2.75) is 45.3 Å². The van der Waals surface area contributed by atoms with Gasteiger partial charge >= 0.3 is 0 Å². The molecule has 0 aromatic rings. The summed E-state index contributed by atoms with van der Waals surface area (Å²) in [4.78, 5) is 17.2. The molecule has 1 amide bonds. The SMILES string of the molecule is CCC(C(N)=S)N1CCN(C(=O)C(C)(CC)OC)CC1. The molecule has 20 heavy (non-hydrogen) atoms. The van der Waals surface area contributed by atoms with Crippen LogP contribution in [0.2, 0.25) is 0 Å². The second-order valence-corrected chi connectivity index (χ2v) is 5.91. The fourth-order valence-electron chi connectivity index (χ4n) is 2.59. The Kier molecular flexibility index (Phi) is 6.36. The van der Waals surface area contributed by atoms with Crippen LogP contribution in [0.25, 0.3) is 0 Å². The molecule has 0 aromatic carbocycles. The molecule has 1 aliphatic rings. The first-order valence-corrected chi connectivity index (χ1v) is 7.68. The smallest absolute Gasteiger partial charge is 0.254 e. The predicted molar refractivity (Wildman–Crippen MR) is 84.7 cm³/mol. The van der Waals surface area contributed by atoms with Gasteiger partial charge in [-0.25, -0.2) is 0 Å². The summed E-state index contributed by atoms with van der Waals surface area (Å²) in [6, 6.07) is 0.141. The summed E-state index contributed by atoms with van der Waals surface area (Å²) in [6.45, 7) is 8.94. The molecule has 0 aliphatic carbocycles. The van der Waals surface area contributed by atoms with Gasteiger partial charge in [0.15, 0.2) is 0 Å². The van der Waals surface area contributed by atoms with Gasteiger partial charge in [-0.1, -0.05) is 26.1 Å². The molecule has 0 radical (unpaired) electrons. The maximum atomic E-state index is 12.5. The van der Waals surface area contributed by atoms with Gasteiger partial charge in [-0.05, 0) is 19.8 Å². The predicted octanol–water partition coefficient (Wildman–Crippen LogP) is 1.01. The fraction of sp³-hybridized carbons (Fsp3) is 0.857. The van der Waals surface area contributed by atoms with Gasteiger partial charge in [0.1, 0.15) is 5.60 Å². The Labute approximate surface area is 127 Å². The van der Waals surface area contributed by atoms with E-state index < -0.39 is 5.60 Å². The lowest BCUT2D eigenvalue weighted by atomic mass is 10.0. The summed E-state index contributed by atoms with van der Waals surface area (Å²) in [7, 11) is 1.59. The molecule has 1 saturated heterocycles. The first-order chi connectivity index (χ1) is 9.39. The van der Waals surface area contributed by atoms with Gasteiger partial charge in [-0.2, -0.15) is 0 Å². The number of hydrogen-bond acceptors (Lipinski definition) is 4. The first kappa shape index (κ1) is 17.3. The summed E-state index contributed by atoms with van der Waals surface area (Å²) in [6.07, 6.45) is 1.58. The molecule has 5 nitrogen and oxygen atoms in total. The van der Waals surface area contributed by atoms with E-state index in [0.717, 1.165) is 19.5 Å². The van der Waals surface area contributed by atoms with Crippen LogP contribution >= 0.6 is 12.2 Å². The van der Waals surface area contributed by atoms with E-state index in [1.807, 2.05) is 18.7 Å². The average molecular weight is 301 g/mol. The van der Waals surface area contributed by atoms with Crippen LogP contribution in [-0.4, -0.2) is 65.6 Å². The number of hydrogen-bond donors (Lipinski definition) is 1. The number of amides is 1. The lowest BCUT2D eigenvalue weighted by molar-refractivity contribution is -0.155. The first-order valence-electron chi connectivity index (χ1n) is 7.27. The van der Waals surface area contributed by atoms with Crippen LogP contribution in [0, 0.1) is 0 Å². The van der Waals surface area contributed by atoms with Crippen LogP contribution in [0.1, 0.15) is 33.6 Å². The van der Waals surface area contributed by atoms with Gasteiger partial charge in [0.2, 0.25) is 0 Å². The molecule has 2 atom stereocenters. The molecule has 1 heterocycles. The van der Waals surface area contributed by atoms with Crippen LogP contribution in [0.3, 0.4) is 0 Å². The van der Waals surface area contributed by atoms with E-state index in [-0.39, 0.29) is 11.9 Å². The van der Waals surface area contributed by atoms with Crippen molar-refractivity contribution in [2.24, 2.45) is 5.73 Å². The minimum atomic E-state index is -0.713. The quantitative estimate of drug-likeness (QED) is 0.742. The molecule has 1 aliphatic heterocycles. The van der Waals surface area contributed by atoms with Crippen LogP contribution in [0.15, 0.2) is 0 Å². The monoisotopic (exact) mass is 301 g/mol. The number of thiocarbonyl (C=S) groups is 1. The molecular formula is C14H27N3O2S. The van der Waals surface area contributed by atoms with Gasteiger partial charge in [0.25, 0.3) is 5.91 Å². The Hall–Kier alpha value is -0.720. The van der Waals surface area contributed by atoms with Crippen LogP contribution in [0.4, 0.5) is 0 Å². The van der Waals surface area contributed by atoms with Crippen LogP contribution in [0.5, 0.6) is 0 Å². The molecule has 0 aromatic heterocycles. The Morgan fingerprint density at radius 1 is 1.35 bits per heavy atom. The molecule has 0 saturated carbocycles. The summed E-state index contributed by atoms with van der Waals surface area (Å²) in [5.41, 5.74) is 5.06. The van der Waals surface area contributed by atoms with E-state index in [1.165, 1.54) is 0 Å². The van der Waals surface area contributed by atoms with Crippen molar-refractivity contribution in [3.8, 4) is 0 Å². The minimum Gasteiger partial charge on any atom is -0.392 e. The summed E-state index contributed by atoms with van der Waals surface area (Å²) in [5.74, 6) is 0.0746. The highest BCUT2D eigenvalue weighted by atomic mass is 32.1. The van der Waals surface area contributed by atoms with Crippen molar-refractivity contribution < 1.29 is 9.53 Å². The maximum Gasteiger partial charge on any atom is 0.254 e. The van der Waals surface area contributed by atoms with Crippen molar-refractivity contribution in [3.63, 3.8) is 0 Å². The molecule has 2 N–H and O–H groups in total. The fourth-order valence-corrected chi connectivity index (χ4v) is 2.91. The van der Waals surface area contributed by atoms with Crippen LogP contribution in [-0.2, 0) is 9.53 Å². The van der Waals surface area contributed by atoms with E-state index in [2.05, 4.69) is 11.8 Å². The third-order valence-corrected chi connectivity index (χ3v) is 4.61. The second kappa shape index (κ2) is 7.33. The van der Waals surface area contributed by atoms with Crippen molar-refractivity contribution >= 4 is 23.1 Å².